The Kier molecular flexibility index (Phi) is 5.45. The zero-order chi connectivity index (χ0) is 17.7. The number of fused-ring (bicyclic) bond motifs is 2. The first-order chi connectivity index (χ1) is 11.9. The standard InChI is InChI=1S/C18H22BrN3O2S.ClH/c1-21-13-10-18(9-2-3-11-20-18)17-16(21)8-12-22(17)25(23,24)15-6-4-14(19)5-7-15;/h4-8,12,20H,2-3,9-11,13H2,1H3;1H. The van der Waals surface area contributed by atoms with Gasteiger partial charge in [0.25, 0.3) is 10.0 Å². The molecule has 0 aliphatic carbocycles. The summed E-state index contributed by atoms with van der Waals surface area (Å²) in [6, 6.07) is 8.77. The van der Waals surface area contributed by atoms with Crippen LogP contribution >= 0.6 is 28.3 Å². The summed E-state index contributed by atoms with van der Waals surface area (Å²) in [6.07, 6.45) is 5.89. The average molecular weight is 461 g/mol. The third kappa shape index (κ3) is 3.09. The molecular formula is C18H23BrClN3O2S. The number of nitrogens with one attached hydrogen (secondary N) is 1. The van der Waals surface area contributed by atoms with E-state index in [9.17, 15) is 8.42 Å². The van der Waals surface area contributed by atoms with Gasteiger partial charge >= 0.3 is 0 Å². The molecule has 142 valence electrons. The molecule has 3 heterocycles. The summed E-state index contributed by atoms with van der Waals surface area (Å²) in [4.78, 5) is 2.47. The van der Waals surface area contributed by atoms with E-state index in [0.29, 0.717) is 4.90 Å². The minimum Gasteiger partial charge on any atom is -0.373 e. The molecule has 2 aliphatic rings. The number of hydrogen-bond donors (Lipinski definition) is 1. The van der Waals surface area contributed by atoms with Crippen molar-refractivity contribution >= 4 is 44.0 Å². The summed E-state index contributed by atoms with van der Waals surface area (Å²) in [5.41, 5.74) is 1.66. The molecule has 1 atom stereocenters. The van der Waals surface area contributed by atoms with E-state index in [4.69, 9.17) is 0 Å². The molecule has 1 fully saturated rings. The molecule has 5 nitrogen and oxygen atoms in total. The van der Waals surface area contributed by atoms with Crippen molar-refractivity contribution in [3.63, 3.8) is 0 Å². The van der Waals surface area contributed by atoms with E-state index in [2.05, 4.69) is 26.1 Å². The lowest BCUT2D eigenvalue weighted by molar-refractivity contribution is 0.227. The maximum atomic E-state index is 13.3. The highest BCUT2D eigenvalue weighted by molar-refractivity contribution is 9.10. The van der Waals surface area contributed by atoms with E-state index in [1.165, 1.54) is 3.97 Å². The van der Waals surface area contributed by atoms with Crippen LogP contribution < -0.4 is 10.2 Å². The zero-order valence-electron chi connectivity index (χ0n) is 14.6. The van der Waals surface area contributed by atoms with Gasteiger partial charge in [-0.15, -0.1) is 12.4 Å². The number of rotatable bonds is 2. The van der Waals surface area contributed by atoms with Gasteiger partial charge < -0.3 is 10.2 Å². The van der Waals surface area contributed by atoms with Crippen LogP contribution in [-0.2, 0) is 15.6 Å². The van der Waals surface area contributed by atoms with E-state index in [1.54, 1.807) is 30.5 Å². The number of benzene rings is 1. The number of hydrogen-bond acceptors (Lipinski definition) is 4. The Hall–Kier alpha value is -1.02. The van der Waals surface area contributed by atoms with E-state index < -0.39 is 10.0 Å². The molecule has 1 N–H and O–H groups in total. The normalized spacial score (nSPS) is 22.8. The van der Waals surface area contributed by atoms with Gasteiger partial charge in [-0.05, 0) is 62.6 Å². The van der Waals surface area contributed by atoms with Crippen LogP contribution in [-0.4, -0.2) is 32.5 Å². The van der Waals surface area contributed by atoms with Crippen LogP contribution in [0.5, 0.6) is 0 Å². The quantitative estimate of drug-likeness (QED) is 0.742. The van der Waals surface area contributed by atoms with E-state index in [1.807, 2.05) is 13.1 Å². The Bertz CT molecular complexity index is 890. The van der Waals surface area contributed by atoms with Crippen molar-refractivity contribution in [1.82, 2.24) is 9.29 Å². The number of nitrogens with zero attached hydrogens (tertiary/aromatic N) is 2. The van der Waals surface area contributed by atoms with Crippen LogP contribution in [0, 0.1) is 0 Å². The first-order valence-electron chi connectivity index (χ1n) is 8.63. The van der Waals surface area contributed by atoms with E-state index in [0.717, 1.165) is 54.6 Å². The van der Waals surface area contributed by atoms with Crippen molar-refractivity contribution < 1.29 is 8.42 Å². The van der Waals surface area contributed by atoms with Gasteiger partial charge in [0, 0.05) is 24.3 Å². The van der Waals surface area contributed by atoms with Crippen LogP contribution in [0.25, 0.3) is 0 Å². The number of halogens is 2. The SMILES string of the molecule is CN1CCC2(CCCCN2)c2c1ccn2S(=O)(=O)c1ccc(Br)cc1.Cl. The number of anilines is 1. The fourth-order valence-corrected chi connectivity index (χ4v) is 5.77. The summed E-state index contributed by atoms with van der Waals surface area (Å²) in [5, 5.41) is 3.65. The van der Waals surface area contributed by atoms with Gasteiger partial charge in [-0.1, -0.05) is 15.9 Å². The molecule has 1 unspecified atom stereocenters. The highest BCUT2D eigenvalue weighted by atomic mass is 79.9. The summed E-state index contributed by atoms with van der Waals surface area (Å²) in [5.74, 6) is 0. The van der Waals surface area contributed by atoms with E-state index >= 15 is 0 Å². The molecule has 4 rings (SSSR count). The molecule has 26 heavy (non-hydrogen) atoms. The summed E-state index contributed by atoms with van der Waals surface area (Å²) in [7, 11) is -1.59. The van der Waals surface area contributed by atoms with Gasteiger partial charge in [0.05, 0.1) is 21.8 Å². The molecule has 1 spiro atoms. The zero-order valence-corrected chi connectivity index (χ0v) is 17.8. The van der Waals surface area contributed by atoms with Crippen LogP contribution in [0.2, 0.25) is 0 Å². The first kappa shape index (κ1) is 19.7. The monoisotopic (exact) mass is 459 g/mol. The maximum absolute atomic E-state index is 13.3. The van der Waals surface area contributed by atoms with Crippen molar-refractivity contribution in [2.24, 2.45) is 0 Å². The van der Waals surface area contributed by atoms with Crippen molar-refractivity contribution in [1.29, 1.82) is 0 Å². The maximum Gasteiger partial charge on any atom is 0.267 e. The first-order valence-corrected chi connectivity index (χ1v) is 10.9. The molecule has 0 radical (unpaired) electrons. The number of piperidine rings is 1. The van der Waals surface area contributed by atoms with Crippen LogP contribution in [0.15, 0.2) is 45.9 Å². The van der Waals surface area contributed by atoms with E-state index in [-0.39, 0.29) is 17.9 Å². The Labute approximate surface area is 169 Å². The Morgan fingerprint density at radius 1 is 1.12 bits per heavy atom. The molecule has 1 saturated heterocycles. The van der Waals surface area contributed by atoms with Gasteiger partial charge in [0.15, 0.2) is 0 Å². The molecule has 2 aliphatic heterocycles. The number of aromatic nitrogens is 1. The van der Waals surface area contributed by atoms with Gasteiger partial charge in [-0.25, -0.2) is 12.4 Å². The largest absolute Gasteiger partial charge is 0.373 e. The van der Waals surface area contributed by atoms with Crippen molar-refractivity contribution in [3.05, 3.63) is 46.7 Å². The summed E-state index contributed by atoms with van der Waals surface area (Å²) < 4.78 is 29.0. The van der Waals surface area contributed by atoms with Crippen molar-refractivity contribution in [2.75, 3.05) is 25.0 Å². The van der Waals surface area contributed by atoms with Crippen LogP contribution in [0.3, 0.4) is 0 Å². The van der Waals surface area contributed by atoms with Gasteiger partial charge in [-0.2, -0.15) is 0 Å². The fourth-order valence-electron chi connectivity index (χ4n) is 4.07. The summed E-state index contributed by atoms with van der Waals surface area (Å²) in [6.45, 7) is 1.87. The van der Waals surface area contributed by atoms with Gasteiger partial charge in [-0.3, -0.25) is 0 Å². The topological polar surface area (TPSA) is 54.3 Å². The predicted octanol–water partition coefficient (Wildman–Crippen LogP) is 3.72. The summed E-state index contributed by atoms with van der Waals surface area (Å²) >= 11 is 3.37. The highest BCUT2D eigenvalue weighted by Crippen LogP contribution is 2.44. The lowest BCUT2D eigenvalue weighted by atomic mass is 9.80. The molecule has 1 aromatic heterocycles. The molecule has 0 saturated carbocycles. The van der Waals surface area contributed by atoms with Gasteiger partial charge in [0.2, 0.25) is 0 Å². The second-order valence-electron chi connectivity index (χ2n) is 6.94. The third-order valence-corrected chi connectivity index (χ3v) is 7.65. The Balaban J connectivity index is 0.00000196. The van der Waals surface area contributed by atoms with Crippen LogP contribution in [0.1, 0.15) is 31.4 Å². The Morgan fingerprint density at radius 2 is 1.85 bits per heavy atom. The van der Waals surface area contributed by atoms with Crippen LogP contribution in [0.4, 0.5) is 5.69 Å². The third-order valence-electron chi connectivity index (χ3n) is 5.43. The molecule has 8 heteroatoms. The fraction of sp³-hybridized carbons (Fsp3) is 0.444. The lowest BCUT2D eigenvalue weighted by Crippen LogP contribution is -2.52. The lowest BCUT2D eigenvalue weighted by Gasteiger charge is -2.45. The molecule has 0 amide bonds. The van der Waals surface area contributed by atoms with Gasteiger partial charge in [0.1, 0.15) is 0 Å². The minimum absolute atomic E-state index is 0. The van der Waals surface area contributed by atoms with Crippen molar-refractivity contribution in [3.8, 4) is 0 Å². The second-order valence-corrected chi connectivity index (χ2v) is 9.67. The van der Waals surface area contributed by atoms with Crippen molar-refractivity contribution in [2.45, 2.75) is 36.1 Å². The molecular weight excluding hydrogens is 438 g/mol. The second kappa shape index (κ2) is 7.19. The Morgan fingerprint density at radius 3 is 2.50 bits per heavy atom. The smallest absolute Gasteiger partial charge is 0.267 e. The predicted molar refractivity (Wildman–Crippen MR) is 110 cm³/mol. The molecule has 0 bridgehead atoms. The minimum atomic E-state index is -3.62. The highest BCUT2D eigenvalue weighted by Gasteiger charge is 2.43. The molecule has 1 aromatic carbocycles. The average Bonchev–Trinajstić information content (AvgIpc) is 3.08. The molecule has 2 aromatic rings.